The first-order valence-electron chi connectivity index (χ1n) is 9.11. The molecule has 29 heavy (non-hydrogen) atoms. The van der Waals surface area contributed by atoms with Crippen LogP contribution in [-0.2, 0) is 24.6 Å². The predicted molar refractivity (Wildman–Crippen MR) is 107 cm³/mol. The van der Waals surface area contributed by atoms with Gasteiger partial charge >= 0.3 is 0 Å². The molecule has 2 N–H and O–H groups in total. The van der Waals surface area contributed by atoms with Gasteiger partial charge in [-0.1, -0.05) is 62.4 Å². The van der Waals surface area contributed by atoms with E-state index in [9.17, 15) is 19.2 Å². The molecule has 2 aliphatic heterocycles. The molecule has 0 spiro atoms. The van der Waals surface area contributed by atoms with Gasteiger partial charge in [-0.3, -0.25) is 29.8 Å². The molecule has 6 heteroatoms. The van der Waals surface area contributed by atoms with Crippen LogP contribution in [0, 0.1) is 0 Å². The summed E-state index contributed by atoms with van der Waals surface area (Å²) >= 11 is 0. The van der Waals surface area contributed by atoms with Crippen LogP contribution >= 0.6 is 0 Å². The van der Waals surface area contributed by atoms with E-state index in [0.29, 0.717) is 22.3 Å². The molecule has 2 aliphatic rings. The molecule has 0 fully saturated rings. The van der Waals surface area contributed by atoms with Crippen molar-refractivity contribution in [1.82, 2.24) is 10.6 Å². The van der Waals surface area contributed by atoms with E-state index in [4.69, 9.17) is 0 Å². The Morgan fingerprint density at radius 3 is 1.21 bits per heavy atom. The van der Waals surface area contributed by atoms with Crippen molar-refractivity contribution in [2.45, 2.75) is 19.3 Å². The number of imide groups is 2. The zero-order valence-corrected chi connectivity index (χ0v) is 15.9. The van der Waals surface area contributed by atoms with Crippen molar-refractivity contribution in [2.75, 3.05) is 0 Å². The fraction of sp³-hybridized carbons (Fsp3) is 0.130. The van der Waals surface area contributed by atoms with Crippen molar-refractivity contribution >= 4 is 34.8 Å². The largest absolute Gasteiger partial charge is 0.289 e. The number of carbonyl (C=O) groups is 4. The lowest BCUT2D eigenvalue weighted by Gasteiger charge is -2.26. The Morgan fingerprint density at radius 2 is 0.931 bits per heavy atom. The second kappa shape index (κ2) is 6.67. The van der Waals surface area contributed by atoms with Gasteiger partial charge in [0.2, 0.25) is 0 Å². The maximum absolute atomic E-state index is 11.8. The number of carbonyl (C=O) groups excluding carboxylic acids is 4. The average Bonchev–Trinajstić information content (AvgIpc) is 3.22. The zero-order chi connectivity index (χ0) is 20.8. The molecule has 0 bridgehead atoms. The van der Waals surface area contributed by atoms with Crippen molar-refractivity contribution in [3.63, 3.8) is 0 Å². The third-order valence-electron chi connectivity index (χ3n) is 5.35. The Balaban J connectivity index is 1.60. The second-order valence-electron chi connectivity index (χ2n) is 7.53. The summed E-state index contributed by atoms with van der Waals surface area (Å²) in [5.74, 6) is -1.58. The summed E-state index contributed by atoms with van der Waals surface area (Å²) in [6, 6.07) is 15.1. The first-order chi connectivity index (χ1) is 13.8. The summed E-state index contributed by atoms with van der Waals surface area (Å²) in [5.41, 5.74) is 3.84. The normalized spacial score (nSPS) is 16.5. The maximum Gasteiger partial charge on any atom is 0.258 e. The van der Waals surface area contributed by atoms with Gasteiger partial charge in [-0.25, -0.2) is 0 Å². The van der Waals surface area contributed by atoms with E-state index in [-0.39, 0.29) is 17.2 Å². The minimum Gasteiger partial charge on any atom is -0.289 e. The molecule has 0 saturated carbocycles. The van der Waals surface area contributed by atoms with Crippen LogP contribution in [0.25, 0.3) is 11.1 Å². The molecule has 0 radical (unpaired) electrons. The molecule has 2 aromatic rings. The molecule has 6 nitrogen and oxygen atoms in total. The third-order valence-corrected chi connectivity index (χ3v) is 5.35. The van der Waals surface area contributed by atoms with E-state index < -0.39 is 11.8 Å². The Hall–Kier alpha value is -3.80. The summed E-state index contributed by atoms with van der Waals surface area (Å²) in [5, 5.41) is 4.49. The minimum absolute atomic E-state index is 0.332. The lowest BCUT2D eigenvalue weighted by molar-refractivity contribution is -0.124. The number of hydrogen-bond acceptors (Lipinski definition) is 4. The zero-order valence-electron chi connectivity index (χ0n) is 15.9. The highest BCUT2D eigenvalue weighted by Gasteiger charge is 2.27. The minimum atomic E-state index is -0.401. The smallest absolute Gasteiger partial charge is 0.258 e. The molecule has 0 saturated heterocycles. The van der Waals surface area contributed by atoms with Crippen LogP contribution in [0.5, 0.6) is 0 Å². The van der Waals surface area contributed by atoms with Crippen LogP contribution in [0.2, 0.25) is 0 Å². The van der Waals surface area contributed by atoms with E-state index in [2.05, 4.69) is 24.5 Å². The van der Waals surface area contributed by atoms with E-state index in [1.165, 1.54) is 12.2 Å². The summed E-state index contributed by atoms with van der Waals surface area (Å²) in [6.45, 7) is 4.15. The number of rotatable bonds is 4. The van der Waals surface area contributed by atoms with Crippen LogP contribution in [0.15, 0.2) is 60.7 Å². The second-order valence-corrected chi connectivity index (χ2v) is 7.53. The van der Waals surface area contributed by atoms with Crippen molar-refractivity contribution in [3.8, 4) is 0 Å². The Morgan fingerprint density at radius 1 is 0.586 bits per heavy atom. The number of hydrogen-bond donors (Lipinski definition) is 2. The molecule has 4 amide bonds. The van der Waals surface area contributed by atoms with E-state index in [1.54, 1.807) is 0 Å². The molecule has 0 aromatic heterocycles. The topological polar surface area (TPSA) is 92.3 Å². The van der Waals surface area contributed by atoms with Crippen molar-refractivity contribution < 1.29 is 19.2 Å². The van der Waals surface area contributed by atoms with Gasteiger partial charge in [0.15, 0.2) is 0 Å². The number of amides is 4. The monoisotopic (exact) mass is 386 g/mol. The quantitative estimate of drug-likeness (QED) is 0.787. The Kier molecular flexibility index (Phi) is 4.27. The first kappa shape index (κ1) is 18.6. The van der Waals surface area contributed by atoms with Crippen molar-refractivity contribution in [1.29, 1.82) is 0 Å². The van der Waals surface area contributed by atoms with Crippen LogP contribution in [0.1, 0.15) is 36.1 Å². The average molecular weight is 386 g/mol. The highest BCUT2D eigenvalue weighted by Crippen LogP contribution is 2.33. The molecule has 0 atom stereocenters. The van der Waals surface area contributed by atoms with Gasteiger partial charge in [-0.15, -0.1) is 0 Å². The van der Waals surface area contributed by atoms with Gasteiger partial charge in [0.05, 0.1) is 11.1 Å². The lowest BCUT2D eigenvalue weighted by Crippen LogP contribution is -2.22. The van der Waals surface area contributed by atoms with Crippen molar-refractivity contribution in [3.05, 3.63) is 82.9 Å². The Labute approximate surface area is 167 Å². The molecular weight excluding hydrogens is 368 g/mol. The maximum atomic E-state index is 11.8. The molecule has 0 aliphatic carbocycles. The van der Waals surface area contributed by atoms with E-state index >= 15 is 0 Å². The number of nitrogens with one attached hydrogen (secondary N) is 2. The van der Waals surface area contributed by atoms with Crippen LogP contribution in [0.3, 0.4) is 0 Å². The molecule has 2 aromatic carbocycles. The summed E-state index contributed by atoms with van der Waals surface area (Å²) in [4.78, 5) is 46.3. The van der Waals surface area contributed by atoms with Gasteiger partial charge in [0.1, 0.15) is 0 Å². The fourth-order valence-corrected chi connectivity index (χ4v) is 3.55. The molecule has 2 heterocycles. The fourth-order valence-electron chi connectivity index (χ4n) is 3.55. The van der Waals surface area contributed by atoms with Gasteiger partial charge < -0.3 is 0 Å². The first-order valence-corrected chi connectivity index (χ1v) is 9.11. The highest BCUT2D eigenvalue weighted by molar-refractivity contribution is 6.34. The van der Waals surface area contributed by atoms with Crippen LogP contribution < -0.4 is 10.6 Å². The number of benzene rings is 2. The molecular formula is C23H18N2O4. The predicted octanol–water partition coefficient (Wildman–Crippen LogP) is 2.09. The van der Waals surface area contributed by atoms with Gasteiger partial charge in [-0.2, -0.15) is 0 Å². The van der Waals surface area contributed by atoms with E-state index in [1.807, 2.05) is 48.5 Å². The van der Waals surface area contributed by atoms with Gasteiger partial charge in [0, 0.05) is 17.6 Å². The summed E-state index contributed by atoms with van der Waals surface area (Å²) in [7, 11) is 0. The Bertz CT molecular complexity index is 1030. The molecule has 0 unspecified atom stereocenters. The van der Waals surface area contributed by atoms with Gasteiger partial charge in [-0.05, 0) is 22.3 Å². The molecule has 4 rings (SSSR count). The summed E-state index contributed by atoms with van der Waals surface area (Å²) in [6.07, 6.45) is 2.61. The molecule has 144 valence electrons. The SMILES string of the molecule is CC(C)(c1ccc(C2=CC(=O)NC2=O)cc1)c1ccc(C2=CC(=O)NC2=O)cc1. The summed E-state index contributed by atoms with van der Waals surface area (Å²) < 4.78 is 0. The van der Waals surface area contributed by atoms with Crippen LogP contribution in [0.4, 0.5) is 0 Å². The lowest BCUT2D eigenvalue weighted by atomic mass is 9.77. The van der Waals surface area contributed by atoms with Crippen molar-refractivity contribution in [2.24, 2.45) is 0 Å². The van der Waals surface area contributed by atoms with E-state index in [0.717, 1.165) is 11.1 Å². The van der Waals surface area contributed by atoms with Crippen LogP contribution in [-0.4, -0.2) is 23.6 Å². The highest BCUT2D eigenvalue weighted by atomic mass is 16.2. The standard InChI is InChI=1S/C23H18N2O4/c1-23(2,15-7-3-13(4-8-15)17-11-19(26)24-21(17)28)16-9-5-14(6-10-16)18-12-20(27)25-22(18)29/h3-12H,1-2H3,(H,24,26,28)(H,25,27,29). The van der Waals surface area contributed by atoms with Gasteiger partial charge in [0.25, 0.3) is 23.6 Å². The third kappa shape index (κ3) is 3.29.